The molecular weight excluding hydrogens is 318 g/mol. The second kappa shape index (κ2) is 8.13. The molecule has 0 radical (unpaired) electrons. The Labute approximate surface area is 137 Å². The molecule has 11 heteroatoms. The van der Waals surface area contributed by atoms with E-state index in [0.29, 0.717) is 0 Å². The van der Waals surface area contributed by atoms with Crippen molar-refractivity contribution >= 4 is 5.97 Å². The average molecular weight is 339 g/mol. The first-order valence-electron chi connectivity index (χ1n) is 7.62. The fourth-order valence-corrected chi connectivity index (χ4v) is 2.22. The van der Waals surface area contributed by atoms with Crippen LogP contribution in [0, 0.1) is 17.7 Å². The number of hydrogen-bond acceptors (Lipinski definition) is 6. The summed E-state index contributed by atoms with van der Waals surface area (Å²) in [6, 6.07) is 0. The highest BCUT2D eigenvalue weighted by Crippen LogP contribution is 2.03. The van der Waals surface area contributed by atoms with Crippen LogP contribution in [0.15, 0.2) is 15.2 Å². The van der Waals surface area contributed by atoms with Crippen molar-refractivity contribution in [1.29, 1.82) is 10.8 Å². The van der Waals surface area contributed by atoms with E-state index in [1.54, 1.807) is 4.79 Å². The van der Waals surface area contributed by atoms with Crippen molar-refractivity contribution in [3.63, 3.8) is 0 Å². The zero-order valence-electron chi connectivity index (χ0n) is 13.4. The lowest BCUT2D eigenvalue weighted by Crippen LogP contribution is -2.63. The number of piperidine rings is 1. The Morgan fingerprint density at radius 2 is 2.00 bits per heavy atom. The van der Waals surface area contributed by atoms with Crippen LogP contribution < -0.4 is 36.1 Å². The predicted octanol–water partition coefficient (Wildman–Crippen LogP) is -2.09. The number of nitrogens with zero attached hydrogens (tertiary/aromatic N) is 5. The number of aliphatic carboxylic acids is 1. The molecule has 0 spiro atoms. The van der Waals surface area contributed by atoms with Gasteiger partial charge in [0.1, 0.15) is 6.42 Å². The fourth-order valence-electron chi connectivity index (χ4n) is 2.22. The Morgan fingerprint density at radius 3 is 2.50 bits per heavy atom. The minimum absolute atomic E-state index is 0.0172. The van der Waals surface area contributed by atoms with Gasteiger partial charge >= 0.3 is 5.97 Å². The number of carboxylic acids is 1. The van der Waals surface area contributed by atoms with Crippen molar-refractivity contribution in [2.75, 3.05) is 18.1 Å². The summed E-state index contributed by atoms with van der Waals surface area (Å²) in [5, 5.41) is 31.9. The van der Waals surface area contributed by atoms with Gasteiger partial charge in [0.25, 0.3) is 16.8 Å². The van der Waals surface area contributed by atoms with E-state index in [1.165, 1.54) is 30.1 Å². The van der Waals surface area contributed by atoms with Gasteiger partial charge < -0.3 is 14.2 Å². The third kappa shape index (κ3) is 4.83. The summed E-state index contributed by atoms with van der Waals surface area (Å²) in [4.78, 5) is 11.8. The van der Waals surface area contributed by atoms with Crippen LogP contribution in [-0.2, 0) is 11.3 Å². The summed E-state index contributed by atoms with van der Waals surface area (Å²) >= 11 is 0. The first kappa shape index (κ1) is 17.5. The van der Waals surface area contributed by atoms with Gasteiger partial charge in [0, 0.05) is 20.0 Å². The Morgan fingerprint density at radius 1 is 1.29 bits per heavy atom. The molecule has 0 saturated carbocycles. The van der Waals surface area contributed by atoms with Crippen LogP contribution in [0.4, 0.5) is 0 Å². The first-order chi connectivity index (χ1) is 11.5. The van der Waals surface area contributed by atoms with Crippen LogP contribution in [0.25, 0.3) is 0 Å². The topological polar surface area (TPSA) is 150 Å². The number of hydrogen-bond donors (Lipinski definition) is 3. The lowest BCUT2D eigenvalue weighted by Gasteiger charge is -2.27. The molecule has 1 saturated heterocycles. The first-order valence-corrected chi connectivity index (χ1v) is 7.62. The van der Waals surface area contributed by atoms with Gasteiger partial charge in [-0.1, -0.05) is 11.2 Å². The van der Waals surface area contributed by atoms with Gasteiger partial charge in [-0.05, 0) is 18.1 Å². The van der Waals surface area contributed by atoms with Crippen LogP contribution in [0.5, 0.6) is 0 Å². The lowest BCUT2D eigenvalue weighted by molar-refractivity contribution is -0.769. The highest BCUT2D eigenvalue weighted by atomic mass is 16.5. The van der Waals surface area contributed by atoms with Gasteiger partial charge in [-0.15, -0.1) is 0 Å². The van der Waals surface area contributed by atoms with Crippen molar-refractivity contribution in [1.82, 2.24) is 10.5 Å². The van der Waals surface area contributed by atoms with Gasteiger partial charge in [-0.3, -0.25) is 25.9 Å². The van der Waals surface area contributed by atoms with E-state index in [0.717, 1.165) is 18.8 Å². The summed E-state index contributed by atoms with van der Waals surface area (Å²) in [5.41, 5.74) is 0.864. The van der Waals surface area contributed by atoms with Gasteiger partial charge in [0.2, 0.25) is 6.20 Å². The number of carboxylic acid groups (broad SMARTS) is 1. The van der Waals surface area contributed by atoms with E-state index in [-0.39, 0.29) is 24.1 Å². The number of nitrogens with one attached hydrogen (secondary N) is 2. The Hall–Kier alpha value is -2.85. The van der Waals surface area contributed by atoms with Crippen LogP contribution in [0.1, 0.15) is 31.4 Å². The number of aromatic nitrogens is 4. The Kier molecular flexibility index (Phi) is 5.93. The molecule has 3 rings (SSSR count). The minimum atomic E-state index is -0.896. The van der Waals surface area contributed by atoms with E-state index in [9.17, 15) is 4.79 Å². The summed E-state index contributed by atoms with van der Waals surface area (Å²) in [6.45, 7) is 4.11. The molecule has 0 aromatic carbocycles. The quantitative estimate of drug-likeness (QED) is 0.540. The summed E-state index contributed by atoms with van der Waals surface area (Å²) in [5.74, 6) is -0.896. The van der Waals surface area contributed by atoms with E-state index in [1.807, 2.05) is 6.92 Å². The zero-order chi connectivity index (χ0) is 17.5. The predicted molar refractivity (Wildman–Crippen MR) is 74.9 cm³/mol. The van der Waals surface area contributed by atoms with Gasteiger partial charge in [0.05, 0.1) is 0 Å². The van der Waals surface area contributed by atoms with E-state index < -0.39 is 5.97 Å². The summed E-state index contributed by atoms with van der Waals surface area (Å²) < 4.78 is 10.4. The minimum Gasteiger partial charge on any atom is -0.487 e. The summed E-state index contributed by atoms with van der Waals surface area (Å²) in [7, 11) is 0. The second-order valence-corrected chi connectivity index (χ2v) is 5.36. The van der Waals surface area contributed by atoms with Gasteiger partial charge in [-0.2, -0.15) is 0 Å². The average Bonchev–Trinajstić information content (AvgIpc) is 3.13. The Bertz CT molecular complexity index is 766. The van der Waals surface area contributed by atoms with Crippen LogP contribution in [0.2, 0.25) is 0 Å². The molecular formula is C13H21N7O4. The monoisotopic (exact) mass is 339 g/mol. The highest BCUT2D eigenvalue weighted by Gasteiger charge is 2.16. The van der Waals surface area contributed by atoms with Crippen LogP contribution in [0.3, 0.4) is 0 Å². The zero-order valence-corrected chi connectivity index (χ0v) is 13.4. The smallest absolute Gasteiger partial charge is 0.309 e. The molecule has 0 bridgehead atoms. The molecule has 3 N–H and O–H groups in total. The number of carbonyl (C=O) groups is 1. The molecule has 2 aromatic rings. The van der Waals surface area contributed by atoms with Gasteiger partial charge in [-0.25, -0.2) is 4.68 Å². The van der Waals surface area contributed by atoms with Crippen molar-refractivity contribution in [3.8, 4) is 0 Å². The normalized spacial score (nSPS) is 14.1. The van der Waals surface area contributed by atoms with E-state index in [2.05, 4.69) is 20.1 Å². The molecule has 11 nitrogen and oxygen atoms in total. The highest BCUT2D eigenvalue weighted by molar-refractivity contribution is 5.66. The molecule has 0 amide bonds. The maximum atomic E-state index is 10.1. The maximum absolute atomic E-state index is 10.1. The van der Waals surface area contributed by atoms with Crippen molar-refractivity contribution in [3.05, 3.63) is 23.0 Å². The van der Waals surface area contributed by atoms with Gasteiger partial charge in [0.15, 0.2) is 6.54 Å². The molecule has 2 aromatic heterocycles. The molecule has 0 unspecified atom stereocenters. The van der Waals surface area contributed by atoms with Crippen molar-refractivity contribution in [2.24, 2.45) is 0 Å². The molecule has 1 aliphatic heterocycles. The van der Waals surface area contributed by atoms with E-state index >= 15 is 0 Å². The molecule has 0 atom stereocenters. The van der Waals surface area contributed by atoms with E-state index in [4.69, 9.17) is 20.4 Å². The largest absolute Gasteiger partial charge is 0.487 e. The molecule has 3 heterocycles. The molecule has 1 aliphatic rings. The molecule has 0 aliphatic carbocycles. The molecule has 1 fully saturated rings. The Balaban J connectivity index is 0.000000177. The maximum Gasteiger partial charge on any atom is 0.309 e. The third-order valence-corrected chi connectivity index (χ3v) is 3.50. The van der Waals surface area contributed by atoms with Crippen LogP contribution in [-0.4, -0.2) is 24.2 Å². The fraction of sp³-hybridized carbons (Fsp3) is 0.615. The number of aryl methyl sites for hydroxylation is 1. The van der Waals surface area contributed by atoms with Crippen molar-refractivity contribution in [2.45, 2.75) is 39.2 Å². The number of rotatable bonds is 4. The standard InChI is InChI=1S/C8H14N4O.C5H7N3O3/c1-7-8(9)13-10-12(7)11-5-3-2-4-6-11;6-4-3-8(7-11-4)2-1-5(9)10/h9H,2-6H2,1H3;3,6H,1-2H2,(H,9,10). The SMILES string of the molecule is Cc1c(=N)o[n-][n+]1N1CCCCC1.N=c1c[n+](CCC(=O)O)[n-]o1. The van der Waals surface area contributed by atoms with Crippen molar-refractivity contribution < 1.29 is 28.4 Å². The second-order valence-electron chi connectivity index (χ2n) is 5.36. The summed E-state index contributed by atoms with van der Waals surface area (Å²) in [6.07, 6.45) is 5.00. The third-order valence-electron chi connectivity index (χ3n) is 3.50. The lowest BCUT2D eigenvalue weighted by atomic mass is 10.2. The van der Waals surface area contributed by atoms with Crippen LogP contribution >= 0.6 is 0 Å². The molecule has 132 valence electrons. The molecule has 24 heavy (non-hydrogen) atoms.